The number of amides is 1. The molecule has 2 aromatic heterocycles. The lowest BCUT2D eigenvalue weighted by molar-refractivity contribution is -0.0108. The minimum atomic E-state index is -0.732. The average Bonchev–Trinajstić information content (AvgIpc) is 2.87. The van der Waals surface area contributed by atoms with Gasteiger partial charge in [-0.3, -0.25) is 4.79 Å². The number of aliphatic hydroxyl groups is 1. The standard InChI is InChI=1S/C27H32ClN5O2/c1-5-22-24(18-7-9-23(29-4)30-15-18)25(32-16-31-22)17-6-8-20(21(28)14-17)26(34)33-12-10-19(11-13-33)27(2,3)35/h6-9,14-16,19,35H,5,10-13H2,1-4H3,(H,29,30). The van der Waals surface area contributed by atoms with Crippen molar-refractivity contribution in [2.75, 3.05) is 25.5 Å². The Balaban J connectivity index is 1.63. The van der Waals surface area contributed by atoms with Gasteiger partial charge in [0.2, 0.25) is 0 Å². The fraction of sp³-hybridized carbons (Fsp3) is 0.407. The highest BCUT2D eigenvalue weighted by Gasteiger charge is 2.32. The van der Waals surface area contributed by atoms with Gasteiger partial charge in [0.05, 0.1) is 27.6 Å². The van der Waals surface area contributed by atoms with Crippen LogP contribution in [0.2, 0.25) is 5.02 Å². The minimum absolute atomic E-state index is 0.0836. The van der Waals surface area contributed by atoms with E-state index in [1.165, 1.54) is 0 Å². The molecule has 3 aromatic rings. The number of rotatable bonds is 6. The normalized spacial score (nSPS) is 14.7. The van der Waals surface area contributed by atoms with Crippen molar-refractivity contribution in [3.8, 4) is 22.4 Å². The number of carbonyl (C=O) groups is 1. The van der Waals surface area contributed by atoms with Crippen molar-refractivity contribution in [3.05, 3.63) is 59.1 Å². The summed E-state index contributed by atoms with van der Waals surface area (Å²) in [4.78, 5) is 28.6. The second kappa shape index (κ2) is 10.3. The van der Waals surface area contributed by atoms with E-state index in [-0.39, 0.29) is 11.8 Å². The van der Waals surface area contributed by atoms with Crippen LogP contribution < -0.4 is 5.32 Å². The maximum Gasteiger partial charge on any atom is 0.255 e. The Morgan fingerprint density at radius 3 is 2.43 bits per heavy atom. The molecule has 8 heteroatoms. The molecule has 1 aliphatic heterocycles. The predicted octanol–water partition coefficient (Wildman–Crippen LogP) is 5.09. The maximum atomic E-state index is 13.2. The molecule has 1 aliphatic rings. The number of aromatic nitrogens is 3. The third-order valence-electron chi connectivity index (χ3n) is 6.82. The fourth-order valence-electron chi connectivity index (χ4n) is 4.70. The van der Waals surface area contributed by atoms with Gasteiger partial charge in [0.1, 0.15) is 12.1 Å². The number of aryl methyl sites for hydroxylation is 1. The molecule has 0 saturated carbocycles. The predicted molar refractivity (Wildman–Crippen MR) is 140 cm³/mol. The van der Waals surface area contributed by atoms with Crippen molar-refractivity contribution < 1.29 is 9.90 Å². The van der Waals surface area contributed by atoms with E-state index >= 15 is 0 Å². The number of hydrogen-bond donors (Lipinski definition) is 2. The largest absolute Gasteiger partial charge is 0.390 e. The van der Waals surface area contributed by atoms with Crippen molar-refractivity contribution in [1.82, 2.24) is 19.9 Å². The van der Waals surface area contributed by atoms with Gasteiger partial charge in [-0.05, 0) is 63.3 Å². The third kappa shape index (κ3) is 5.31. The molecular formula is C27H32ClN5O2. The lowest BCUT2D eigenvalue weighted by Crippen LogP contribution is -2.44. The van der Waals surface area contributed by atoms with E-state index in [0.29, 0.717) is 23.7 Å². The zero-order chi connectivity index (χ0) is 25.2. The topological polar surface area (TPSA) is 91.2 Å². The number of halogens is 1. The number of pyridine rings is 1. The Hall–Kier alpha value is -3.03. The Bertz CT molecular complexity index is 1200. The Morgan fingerprint density at radius 1 is 1.14 bits per heavy atom. The van der Waals surface area contributed by atoms with Crippen LogP contribution in [0.15, 0.2) is 42.9 Å². The Labute approximate surface area is 211 Å². The molecule has 0 bridgehead atoms. The van der Waals surface area contributed by atoms with Gasteiger partial charge in [-0.2, -0.15) is 0 Å². The molecule has 4 rings (SSSR count). The summed E-state index contributed by atoms with van der Waals surface area (Å²) in [5.74, 6) is 0.882. The molecule has 3 heterocycles. The van der Waals surface area contributed by atoms with Gasteiger partial charge in [0.15, 0.2) is 0 Å². The summed E-state index contributed by atoms with van der Waals surface area (Å²) in [5.41, 5.74) is 4.06. The van der Waals surface area contributed by atoms with Crippen molar-refractivity contribution in [1.29, 1.82) is 0 Å². The summed E-state index contributed by atoms with van der Waals surface area (Å²) in [5, 5.41) is 13.7. The van der Waals surface area contributed by atoms with Crippen molar-refractivity contribution >= 4 is 23.3 Å². The molecule has 0 spiro atoms. The van der Waals surface area contributed by atoms with E-state index in [1.807, 2.05) is 50.2 Å². The van der Waals surface area contributed by atoms with E-state index in [9.17, 15) is 9.90 Å². The smallest absolute Gasteiger partial charge is 0.255 e. The second-order valence-electron chi connectivity index (χ2n) is 9.49. The first-order valence-electron chi connectivity index (χ1n) is 12.0. The molecular weight excluding hydrogens is 462 g/mol. The van der Waals surface area contributed by atoms with E-state index in [2.05, 4.69) is 27.2 Å². The molecule has 1 saturated heterocycles. The Kier molecular flexibility index (Phi) is 7.38. The third-order valence-corrected chi connectivity index (χ3v) is 7.14. The van der Waals surface area contributed by atoms with Gasteiger partial charge < -0.3 is 15.3 Å². The lowest BCUT2D eigenvalue weighted by Gasteiger charge is -2.37. The van der Waals surface area contributed by atoms with Crippen LogP contribution in [-0.4, -0.2) is 56.6 Å². The van der Waals surface area contributed by atoms with E-state index in [1.54, 1.807) is 18.5 Å². The fourth-order valence-corrected chi connectivity index (χ4v) is 4.96. The number of anilines is 1. The molecule has 7 nitrogen and oxygen atoms in total. The summed E-state index contributed by atoms with van der Waals surface area (Å²) in [6, 6.07) is 9.39. The number of likely N-dealkylation sites (tertiary alicyclic amines) is 1. The van der Waals surface area contributed by atoms with Crippen LogP contribution in [0.1, 0.15) is 49.7 Å². The molecule has 0 unspecified atom stereocenters. The van der Waals surface area contributed by atoms with Crippen LogP contribution in [0.4, 0.5) is 5.82 Å². The minimum Gasteiger partial charge on any atom is -0.390 e. The number of hydrogen-bond acceptors (Lipinski definition) is 6. The van der Waals surface area contributed by atoms with E-state index in [4.69, 9.17) is 11.6 Å². The SMILES string of the molecule is CCc1ncnc(-c2ccc(C(=O)N3CCC(C(C)(C)O)CC3)c(Cl)c2)c1-c1ccc(NC)nc1. The number of benzene rings is 1. The van der Waals surface area contributed by atoms with E-state index < -0.39 is 5.60 Å². The van der Waals surface area contributed by atoms with Crippen LogP contribution in [-0.2, 0) is 6.42 Å². The van der Waals surface area contributed by atoms with Crippen LogP contribution in [0.3, 0.4) is 0 Å². The molecule has 0 atom stereocenters. The van der Waals surface area contributed by atoms with Crippen LogP contribution in [0.5, 0.6) is 0 Å². The highest BCUT2D eigenvalue weighted by molar-refractivity contribution is 6.34. The molecule has 184 valence electrons. The lowest BCUT2D eigenvalue weighted by atomic mass is 9.83. The molecule has 2 N–H and O–H groups in total. The van der Waals surface area contributed by atoms with Crippen LogP contribution in [0.25, 0.3) is 22.4 Å². The maximum absolute atomic E-state index is 13.2. The van der Waals surface area contributed by atoms with Gasteiger partial charge in [-0.15, -0.1) is 0 Å². The van der Waals surface area contributed by atoms with Gasteiger partial charge in [-0.25, -0.2) is 15.0 Å². The van der Waals surface area contributed by atoms with Gasteiger partial charge in [0, 0.05) is 43.0 Å². The molecule has 0 radical (unpaired) electrons. The van der Waals surface area contributed by atoms with Gasteiger partial charge in [-0.1, -0.05) is 24.6 Å². The molecule has 1 fully saturated rings. The first kappa shape index (κ1) is 25.1. The number of carbonyl (C=O) groups excluding carboxylic acids is 1. The summed E-state index contributed by atoms with van der Waals surface area (Å²) >= 11 is 6.65. The zero-order valence-electron chi connectivity index (χ0n) is 20.7. The zero-order valence-corrected chi connectivity index (χ0v) is 21.4. The van der Waals surface area contributed by atoms with Crippen molar-refractivity contribution in [3.63, 3.8) is 0 Å². The summed E-state index contributed by atoms with van der Waals surface area (Å²) < 4.78 is 0. The van der Waals surface area contributed by atoms with Gasteiger partial charge in [0.25, 0.3) is 5.91 Å². The average molecular weight is 494 g/mol. The number of nitrogens with one attached hydrogen (secondary N) is 1. The van der Waals surface area contributed by atoms with Crippen molar-refractivity contribution in [2.45, 2.75) is 45.6 Å². The van der Waals surface area contributed by atoms with Crippen LogP contribution >= 0.6 is 11.6 Å². The number of piperidine rings is 1. The highest BCUT2D eigenvalue weighted by Crippen LogP contribution is 2.35. The summed E-state index contributed by atoms with van der Waals surface area (Å²) in [6.07, 6.45) is 5.66. The summed E-state index contributed by atoms with van der Waals surface area (Å²) in [7, 11) is 1.83. The monoisotopic (exact) mass is 493 g/mol. The quantitative estimate of drug-likeness (QED) is 0.497. The van der Waals surface area contributed by atoms with E-state index in [0.717, 1.165) is 53.2 Å². The molecule has 0 aliphatic carbocycles. The highest BCUT2D eigenvalue weighted by atomic mass is 35.5. The molecule has 35 heavy (non-hydrogen) atoms. The van der Waals surface area contributed by atoms with Gasteiger partial charge >= 0.3 is 0 Å². The molecule has 1 aromatic carbocycles. The first-order valence-corrected chi connectivity index (χ1v) is 12.4. The van der Waals surface area contributed by atoms with Crippen LogP contribution in [0, 0.1) is 5.92 Å². The number of nitrogens with zero attached hydrogens (tertiary/aromatic N) is 4. The first-order chi connectivity index (χ1) is 16.7. The second-order valence-corrected chi connectivity index (χ2v) is 9.90. The summed E-state index contributed by atoms with van der Waals surface area (Å²) in [6.45, 7) is 6.94. The van der Waals surface area contributed by atoms with Crippen molar-refractivity contribution in [2.24, 2.45) is 5.92 Å². The molecule has 1 amide bonds. The Morgan fingerprint density at radius 2 is 1.86 bits per heavy atom.